The molecule has 0 saturated heterocycles. The number of halogens is 2. The zero-order valence-corrected chi connectivity index (χ0v) is 11.8. The van der Waals surface area contributed by atoms with Gasteiger partial charge in [0.1, 0.15) is 5.75 Å². The maximum Gasteiger partial charge on any atom is 0.345 e. The highest BCUT2D eigenvalue weighted by molar-refractivity contribution is 6.34. The van der Waals surface area contributed by atoms with Gasteiger partial charge in [-0.05, 0) is 30.3 Å². The van der Waals surface area contributed by atoms with E-state index in [0.29, 0.717) is 21.5 Å². The molecule has 0 aliphatic carbocycles. The Morgan fingerprint density at radius 1 is 1.25 bits per heavy atom. The standard InChI is InChI=1S/C14H11Cl2NO3/c15-9-5-10(16)7-12(6-9)20-13(14(18)19)8-11-3-1-2-4-17-11/h1-7,13H,8H2,(H,18,19). The smallest absolute Gasteiger partial charge is 0.345 e. The Hall–Kier alpha value is -1.78. The lowest BCUT2D eigenvalue weighted by Gasteiger charge is -2.15. The number of aromatic nitrogens is 1. The van der Waals surface area contributed by atoms with Crippen molar-refractivity contribution < 1.29 is 14.6 Å². The van der Waals surface area contributed by atoms with Crippen LogP contribution in [0.2, 0.25) is 10.0 Å². The minimum atomic E-state index is -1.08. The SMILES string of the molecule is O=C(O)C(Cc1ccccn1)Oc1cc(Cl)cc(Cl)c1. The molecule has 1 atom stereocenters. The Balaban J connectivity index is 2.15. The number of ether oxygens (including phenoxy) is 1. The quantitative estimate of drug-likeness (QED) is 0.918. The summed E-state index contributed by atoms with van der Waals surface area (Å²) in [4.78, 5) is 15.3. The van der Waals surface area contributed by atoms with E-state index in [0.717, 1.165) is 0 Å². The second kappa shape index (κ2) is 6.59. The van der Waals surface area contributed by atoms with E-state index >= 15 is 0 Å². The van der Waals surface area contributed by atoms with Crippen LogP contribution in [0.25, 0.3) is 0 Å². The predicted octanol–water partition coefficient (Wildman–Crippen LogP) is 3.46. The maximum atomic E-state index is 11.3. The number of carboxylic acid groups (broad SMARTS) is 1. The van der Waals surface area contributed by atoms with Gasteiger partial charge in [0.2, 0.25) is 6.10 Å². The molecular formula is C14H11Cl2NO3. The number of nitrogens with zero attached hydrogens (tertiary/aromatic N) is 1. The summed E-state index contributed by atoms with van der Waals surface area (Å²) in [7, 11) is 0. The van der Waals surface area contributed by atoms with Crippen LogP contribution in [0, 0.1) is 0 Å². The van der Waals surface area contributed by atoms with E-state index in [2.05, 4.69) is 4.98 Å². The summed E-state index contributed by atoms with van der Waals surface area (Å²) in [5, 5.41) is 9.98. The van der Waals surface area contributed by atoms with Gasteiger partial charge in [0.25, 0.3) is 0 Å². The van der Waals surface area contributed by atoms with E-state index in [9.17, 15) is 9.90 Å². The number of hydrogen-bond donors (Lipinski definition) is 1. The van der Waals surface area contributed by atoms with Crippen LogP contribution < -0.4 is 4.74 Å². The lowest BCUT2D eigenvalue weighted by molar-refractivity contribution is -0.145. The lowest BCUT2D eigenvalue weighted by atomic mass is 10.2. The number of aliphatic carboxylic acids is 1. The molecule has 1 heterocycles. The molecule has 1 N–H and O–H groups in total. The van der Waals surface area contributed by atoms with Crippen LogP contribution in [-0.4, -0.2) is 22.2 Å². The second-order valence-electron chi connectivity index (χ2n) is 4.08. The molecule has 4 nitrogen and oxygen atoms in total. The van der Waals surface area contributed by atoms with Crippen LogP contribution in [0.4, 0.5) is 0 Å². The third kappa shape index (κ3) is 4.11. The largest absolute Gasteiger partial charge is 0.478 e. The molecular weight excluding hydrogens is 301 g/mol. The van der Waals surface area contributed by atoms with Crippen LogP contribution in [0.1, 0.15) is 5.69 Å². The number of pyridine rings is 1. The van der Waals surface area contributed by atoms with E-state index < -0.39 is 12.1 Å². The lowest BCUT2D eigenvalue weighted by Crippen LogP contribution is -2.29. The van der Waals surface area contributed by atoms with E-state index in [-0.39, 0.29) is 6.42 Å². The second-order valence-corrected chi connectivity index (χ2v) is 4.95. The van der Waals surface area contributed by atoms with Gasteiger partial charge in [0.15, 0.2) is 0 Å². The van der Waals surface area contributed by atoms with E-state index in [4.69, 9.17) is 27.9 Å². The van der Waals surface area contributed by atoms with Crippen molar-refractivity contribution in [1.29, 1.82) is 0 Å². The van der Waals surface area contributed by atoms with E-state index in [1.165, 1.54) is 12.1 Å². The molecule has 0 spiro atoms. The molecule has 6 heteroatoms. The third-order valence-corrected chi connectivity index (χ3v) is 2.95. The first kappa shape index (κ1) is 14.6. The van der Waals surface area contributed by atoms with Gasteiger partial charge < -0.3 is 9.84 Å². The first-order valence-electron chi connectivity index (χ1n) is 5.80. The number of carbonyl (C=O) groups is 1. The Kier molecular flexibility index (Phi) is 4.82. The molecule has 0 saturated carbocycles. The third-order valence-electron chi connectivity index (χ3n) is 2.51. The average molecular weight is 312 g/mol. The summed E-state index contributed by atoms with van der Waals surface area (Å²) in [6, 6.07) is 9.87. The fraction of sp³-hybridized carbons (Fsp3) is 0.143. The first-order chi connectivity index (χ1) is 9.54. The molecule has 1 aromatic heterocycles. The molecule has 0 aliphatic rings. The summed E-state index contributed by atoms with van der Waals surface area (Å²) in [6.45, 7) is 0. The highest BCUT2D eigenvalue weighted by Gasteiger charge is 2.21. The maximum absolute atomic E-state index is 11.3. The van der Waals surface area contributed by atoms with Crippen molar-refractivity contribution in [2.24, 2.45) is 0 Å². The molecule has 0 bridgehead atoms. The van der Waals surface area contributed by atoms with Crippen molar-refractivity contribution in [2.45, 2.75) is 12.5 Å². The minimum absolute atomic E-state index is 0.153. The summed E-state index contributed by atoms with van der Waals surface area (Å²) in [5.41, 5.74) is 0.632. The number of rotatable bonds is 5. The fourth-order valence-electron chi connectivity index (χ4n) is 1.65. The minimum Gasteiger partial charge on any atom is -0.478 e. The van der Waals surface area contributed by atoms with Gasteiger partial charge in [-0.1, -0.05) is 29.3 Å². The number of benzene rings is 1. The van der Waals surface area contributed by atoms with Crippen molar-refractivity contribution in [2.75, 3.05) is 0 Å². The van der Waals surface area contributed by atoms with Gasteiger partial charge in [-0.2, -0.15) is 0 Å². The normalized spacial score (nSPS) is 11.9. The van der Waals surface area contributed by atoms with E-state index in [1.54, 1.807) is 30.5 Å². The Bertz CT molecular complexity index is 584. The molecule has 0 aliphatic heterocycles. The van der Waals surface area contributed by atoms with Crippen molar-refractivity contribution in [3.8, 4) is 5.75 Å². The molecule has 0 radical (unpaired) electrons. The van der Waals surface area contributed by atoms with Crippen molar-refractivity contribution in [1.82, 2.24) is 4.98 Å². The zero-order valence-electron chi connectivity index (χ0n) is 10.3. The molecule has 104 valence electrons. The molecule has 1 aromatic carbocycles. The van der Waals surface area contributed by atoms with Crippen molar-refractivity contribution in [3.05, 3.63) is 58.3 Å². The van der Waals surface area contributed by atoms with Crippen molar-refractivity contribution in [3.63, 3.8) is 0 Å². The van der Waals surface area contributed by atoms with Crippen LogP contribution in [-0.2, 0) is 11.2 Å². The fourth-order valence-corrected chi connectivity index (χ4v) is 2.16. The molecule has 20 heavy (non-hydrogen) atoms. The van der Waals surface area contributed by atoms with Gasteiger partial charge in [-0.3, -0.25) is 4.98 Å². The van der Waals surface area contributed by atoms with Gasteiger partial charge in [-0.15, -0.1) is 0 Å². The summed E-state index contributed by atoms with van der Waals surface area (Å²) >= 11 is 11.7. The van der Waals surface area contributed by atoms with Crippen LogP contribution in [0.15, 0.2) is 42.6 Å². The topological polar surface area (TPSA) is 59.4 Å². The van der Waals surface area contributed by atoms with Gasteiger partial charge in [0, 0.05) is 28.4 Å². The van der Waals surface area contributed by atoms with Crippen LogP contribution in [0.5, 0.6) is 5.75 Å². The predicted molar refractivity (Wildman–Crippen MR) is 76.5 cm³/mol. The van der Waals surface area contributed by atoms with Gasteiger partial charge in [0.05, 0.1) is 0 Å². The number of carboxylic acids is 1. The summed E-state index contributed by atoms with van der Waals surface area (Å²) in [5.74, 6) is -0.766. The highest BCUT2D eigenvalue weighted by Crippen LogP contribution is 2.25. The monoisotopic (exact) mass is 311 g/mol. The van der Waals surface area contributed by atoms with Crippen molar-refractivity contribution >= 4 is 29.2 Å². The molecule has 0 amide bonds. The molecule has 0 fully saturated rings. The average Bonchev–Trinajstić information content (AvgIpc) is 2.38. The zero-order chi connectivity index (χ0) is 14.5. The Morgan fingerprint density at radius 2 is 1.95 bits per heavy atom. The summed E-state index contributed by atoms with van der Waals surface area (Å²) in [6.07, 6.45) is 0.699. The van der Waals surface area contributed by atoms with Gasteiger partial charge in [-0.25, -0.2) is 4.79 Å². The van der Waals surface area contributed by atoms with Crippen LogP contribution in [0.3, 0.4) is 0 Å². The summed E-state index contributed by atoms with van der Waals surface area (Å²) < 4.78 is 5.43. The molecule has 1 unspecified atom stereocenters. The van der Waals surface area contributed by atoms with Crippen LogP contribution >= 0.6 is 23.2 Å². The first-order valence-corrected chi connectivity index (χ1v) is 6.55. The van der Waals surface area contributed by atoms with E-state index in [1.807, 2.05) is 0 Å². The van der Waals surface area contributed by atoms with Gasteiger partial charge >= 0.3 is 5.97 Å². The highest BCUT2D eigenvalue weighted by atomic mass is 35.5. The Labute approximate surface area is 125 Å². The number of hydrogen-bond acceptors (Lipinski definition) is 3. The Morgan fingerprint density at radius 3 is 2.50 bits per heavy atom. The molecule has 2 rings (SSSR count). The molecule has 2 aromatic rings.